The van der Waals surface area contributed by atoms with Crippen LogP contribution >= 0.6 is 0 Å². The molecular formula is C9H13N3. The molecule has 12 heavy (non-hydrogen) atoms. The van der Waals surface area contributed by atoms with Gasteiger partial charge in [0.05, 0.1) is 5.69 Å². The molecule has 0 saturated heterocycles. The molecule has 1 aromatic rings. The topological polar surface area (TPSA) is 64.4 Å². The van der Waals surface area contributed by atoms with Crippen LogP contribution in [0.15, 0.2) is 23.2 Å². The maximum absolute atomic E-state index is 5.24. The van der Waals surface area contributed by atoms with Gasteiger partial charge in [0.1, 0.15) is 0 Å². The van der Waals surface area contributed by atoms with Crippen LogP contribution in [-0.2, 0) is 0 Å². The third kappa shape index (κ3) is 1.99. The lowest BCUT2D eigenvalue weighted by atomic mass is 10.1. The molecular weight excluding hydrogens is 150 g/mol. The summed E-state index contributed by atoms with van der Waals surface area (Å²) in [6.07, 6.45) is 0. The number of aryl methyl sites for hydroxylation is 2. The fourth-order valence-corrected chi connectivity index (χ4v) is 0.944. The van der Waals surface area contributed by atoms with Gasteiger partial charge in [-0.25, -0.2) is 4.99 Å². The van der Waals surface area contributed by atoms with Gasteiger partial charge in [0.2, 0.25) is 0 Å². The first-order chi connectivity index (χ1) is 5.59. The highest BCUT2D eigenvalue weighted by Crippen LogP contribution is 2.16. The lowest BCUT2D eigenvalue weighted by Crippen LogP contribution is -2.21. The van der Waals surface area contributed by atoms with Crippen LogP contribution in [0.4, 0.5) is 5.69 Å². The molecule has 3 heteroatoms. The van der Waals surface area contributed by atoms with Gasteiger partial charge in [0.15, 0.2) is 5.96 Å². The molecule has 0 fully saturated rings. The molecule has 3 nitrogen and oxygen atoms in total. The van der Waals surface area contributed by atoms with E-state index >= 15 is 0 Å². The predicted molar refractivity (Wildman–Crippen MR) is 51.4 cm³/mol. The van der Waals surface area contributed by atoms with E-state index in [1.807, 2.05) is 25.1 Å². The van der Waals surface area contributed by atoms with Crippen LogP contribution in [0.1, 0.15) is 11.1 Å². The quantitative estimate of drug-likeness (QED) is 0.482. The van der Waals surface area contributed by atoms with Crippen LogP contribution < -0.4 is 11.5 Å². The maximum Gasteiger partial charge on any atom is 0.191 e. The number of guanidine groups is 1. The van der Waals surface area contributed by atoms with Crippen molar-refractivity contribution < 1.29 is 0 Å². The average molecular weight is 163 g/mol. The summed E-state index contributed by atoms with van der Waals surface area (Å²) in [5, 5.41) is 0. The highest BCUT2D eigenvalue weighted by atomic mass is 15.0. The van der Waals surface area contributed by atoms with Crippen molar-refractivity contribution in [1.82, 2.24) is 0 Å². The minimum atomic E-state index is 0.0956. The largest absolute Gasteiger partial charge is 0.370 e. The van der Waals surface area contributed by atoms with Crippen LogP contribution in [0, 0.1) is 13.8 Å². The molecule has 0 bridgehead atoms. The Morgan fingerprint density at radius 1 is 1.17 bits per heavy atom. The fraction of sp³-hybridized carbons (Fsp3) is 0.222. The number of nitrogens with zero attached hydrogens (tertiary/aromatic N) is 1. The van der Waals surface area contributed by atoms with Crippen LogP contribution in [0.3, 0.4) is 0 Å². The molecule has 0 atom stereocenters. The van der Waals surface area contributed by atoms with Gasteiger partial charge in [-0.1, -0.05) is 6.07 Å². The van der Waals surface area contributed by atoms with Crippen molar-refractivity contribution in [3.05, 3.63) is 29.3 Å². The number of aliphatic imine (C=N–C) groups is 1. The Balaban J connectivity index is 3.05. The molecule has 1 aromatic carbocycles. The summed E-state index contributed by atoms with van der Waals surface area (Å²) in [5.41, 5.74) is 13.7. The minimum absolute atomic E-state index is 0.0956. The summed E-state index contributed by atoms with van der Waals surface area (Å²) in [4.78, 5) is 3.93. The molecule has 0 unspecified atom stereocenters. The van der Waals surface area contributed by atoms with Gasteiger partial charge in [0.25, 0.3) is 0 Å². The molecule has 0 radical (unpaired) electrons. The minimum Gasteiger partial charge on any atom is -0.370 e. The first-order valence-corrected chi connectivity index (χ1v) is 3.76. The highest BCUT2D eigenvalue weighted by molar-refractivity contribution is 5.79. The van der Waals surface area contributed by atoms with Gasteiger partial charge >= 0.3 is 0 Å². The van der Waals surface area contributed by atoms with E-state index in [-0.39, 0.29) is 5.96 Å². The van der Waals surface area contributed by atoms with Crippen molar-refractivity contribution in [2.24, 2.45) is 16.5 Å². The van der Waals surface area contributed by atoms with E-state index in [9.17, 15) is 0 Å². The second kappa shape index (κ2) is 3.26. The average Bonchev–Trinajstić information content (AvgIpc) is 1.96. The van der Waals surface area contributed by atoms with E-state index in [4.69, 9.17) is 11.5 Å². The second-order valence-electron chi connectivity index (χ2n) is 2.81. The first kappa shape index (κ1) is 8.59. The molecule has 0 spiro atoms. The zero-order chi connectivity index (χ0) is 9.14. The summed E-state index contributed by atoms with van der Waals surface area (Å²) < 4.78 is 0. The van der Waals surface area contributed by atoms with Crippen molar-refractivity contribution in [3.8, 4) is 0 Å². The highest BCUT2D eigenvalue weighted by Gasteiger charge is 1.93. The lowest BCUT2D eigenvalue weighted by molar-refractivity contribution is 1.32. The molecule has 0 amide bonds. The van der Waals surface area contributed by atoms with Crippen LogP contribution in [0.2, 0.25) is 0 Å². The molecule has 0 saturated carbocycles. The lowest BCUT2D eigenvalue weighted by Gasteiger charge is -2.00. The summed E-state index contributed by atoms with van der Waals surface area (Å²) in [6.45, 7) is 4.08. The molecule has 0 aliphatic rings. The number of hydrogen-bond donors (Lipinski definition) is 2. The molecule has 0 aromatic heterocycles. The van der Waals surface area contributed by atoms with Gasteiger partial charge in [-0.15, -0.1) is 0 Å². The van der Waals surface area contributed by atoms with Crippen molar-refractivity contribution in [1.29, 1.82) is 0 Å². The molecule has 1 rings (SSSR count). The van der Waals surface area contributed by atoms with E-state index < -0.39 is 0 Å². The Labute approximate surface area is 72.1 Å². The summed E-state index contributed by atoms with van der Waals surface area (Å²) in [5.74, 6) is 0.0956. The van der Waals surface area contributed by atoms with E-state index in [1.165, 1.54) is 11.1 Å². The molecule has 64 valence electrons. The number of hydrogen-bond acceptors (Lipinski definition) is 1. The Morgan fingerprint density at radius 3 is 2.33 bits per heavy atom. The number of benzene rings is 1. The van der Waals surface area contributed by atoms with E-state index in [2.05, 4.69) is 11.9 Å². The monoisotopic (exact) mass is 163 g/mol. The summed E-state index contributed by atoms with van der Waals surface area (Å²) >= 11 is 0. The second-order valence-corrected chi connectivity index (χ2v) is 2.81. The van der Waals surface area contributed by atoms with E-state index in [0.29, 0.717) is 0 Å². The van der Waals surface area contributed by atoms with Crippen LogP contribution in [0.25, 0.3) is 0 Å². The van der Waals surface area contributed by atoms with Gasteiger partial charge in [-0.05, 0) is 37.1 Å². The Bertz CT molecular complexity index is 312. The normalized spacial score (nSPS) is 9.50. The molecule has 4 N–H and O–H groups in total. The summed E-state index contributed by atoms with van der Waals surface area (Å²) in [7, 11) is 0. The van der Waals surface area contributed by atoms with E-state index in [0.717, 1.165) is 5.69 Å². The predicted octanol–water partition coefficient (Wildman–Crippen LogP) is 1.21. The number of rotatable bonds is 1. The van der Waals surface area contributed by atoms with Gasteiger partial charge in [0, 0.05) is 0 Å². The fourth-order valence-electron chi connectivity index (χ4n) is 0.944. The molecule has 0 aliphatic heterocycles. The Hall–Kier alpha value is -1.51. The van der Waals surface area contributed by atoms with E-state index in [1.54, 1.807) is 0 Å². The Morgan fingerprint density at radius 2 is 1.83 bits per heavy atom. The van der Waals surface area contributed by atoms with Crippen molar-refractivity contribution in [3.63, 3.8) is 0 Å². The number of nitrogens with two attached hydrogens (primary N) is 2. The van der Waals surface area contributed by atoms with Crippen molar-refractivity contribution in [2.75, 3.05) is 0 Å². The van der Waals surface area contributed by atoms with Crippen molar-refractivity contribution in [2.45, 2.75) is 13.8 Å². The summed E-state index contributed by atoms with van der Waals surface area (Å²) in [6, 6.07) is 5.84. The van der Waals surface area contributed by atoms with Crippen LogP contribution in [-0.4, -0.2) is 5.96 Å². The third-order valence-corrected chi connectivity index (χ3v) is 1.75. The maximum atomic E-state index is 5.24. The Kier molecular flexibility index (Phi) is 2.33. The standard InChI is InChI=1S/C9H13N3/c1-6-3-4-8(5-7(6)2)12-9(10)11/h3-5H,1-2H3,(H4,10,11,12). The molecule has 0 heterocycles. The van der Waals surface area contributed by atoms with Crippen molar-refractivity contribution >= 4 is 11.6 Å². The first-order valence-electron chi connectivity index (χ1n) is 3.76. The van der Waals surface area contributed by atoms with Crippen LogP contribution in [0.5, 0.6) is 0 Å². The zero-order valence-corrected chi connectivity index (χ0v) is 7.33. The zero-order valence-electron chi connectivity index (χ0n) is 7.33. The third-order valence-electron chi connectivity index (χ3n) is 1.75. The molecule has 0 aliphatic carbocycles. The van der Waals surface area contributed by atoms with Gasteiger partial charge < -0.3 is 11.5 Å². The van der Waals surface area contributed by atoms with Gasteiger partial charge in [-0.2, -0.15) is 0 Å². The smallest absolute Gasteiger partial charge is 0.191 e. The SMILES string of the molecule is Cc1ccc(N=C(N)N)cc1C. The van der Waals surface area contributed by atoms with Gasteiger partial charge in [-0.3, -0.25) is 0 Å².